The van der Waals surface area contributed by atoms with Crippen molar-refractivity contribution in [2.24, 2.45) is 5.92 Å². The van der Waals surface area contributed by atoms with Crippen LogP contribution in [0.4, 0.5) is 4.39 Å². The monoisotopic (exact) mass is 327 g/mol. The Hall–Kier alpha value is -0.900. The van der Waals surface area contributed by atoms with Gasteiger partial charge in [0, 0.05) is 17.6 Å². The average Bonchev–Trinajstić information content (AvgIpc) is 2.63. The number of amides is 1. The third kappa shape index (κ3) is 3.35. The summed E-state index contributed by atoms with van der Waals surface area (Å²) in [5.41, 5.74) is 0.164. The Labute approximate surface area is 122 Å². The van der Waals surface area contributed by atoms with Crippen LogP contribution in [0.15, 0.2) is 22.7 Å². The Morgan fingerprint density at radius 3 is 2.89 bits per heavy atom. The molecule has 104 valence electrons. The highest BCUT2D eigenvalue weighted by Gasteiger charge is 2.24. The first kappa shape index (κ1) is 14.5. The highest BCUT2D eigenvalue weighted by molar-refractivity contribution is 9.10. The molecule has 2 rings (SSSR count). The van der Waals surface area contributed by atoms with Crippen molar-refractivity contribution in [3.05, 3.63) is 34.1 Å². The molecule has 1 aliphatic heterocycles. The number of hydrogen-bond donors (Lipinski definition) is 0. The van der Waals surface area contributed by atoms with Crippen LogP contribution in [0, 0.1) is 11.7 Å². The summed E-state index contributed by atoms with van der Waals surface area (Å²) in [6.45, 7) is 3.66. The molecule has 1 saturated heterocycles. The summed E-state index contributed by atoms with van der Waals surface area (Å²) < 4.78 is 14.4. The summed E-state index contributed by atoms with van der Waals surface area (Å²) in [6, 6.07) is 4.65. The zero-order valence-electron chi connectivity index (χ0n) is 11.2. The van der Waals surface area contributed by atoms with Crippen LogP contribution in [0.25, 0.3) is 0 Å². The van der Waals surface area contributed by atoms with Crippen molar-refractivity contribution in [3.8, 4) is 0 Å². The third-order valence-electron chi connectivity index (χ3n) is 3.89. The Morgan fingerprint density at radius 1 is 1.42 bits per heavy atom. The molecule has 19 heavy (non-hydrogen) atoms. The number of benzene rings is 1. The van der Waals surface area contributed by atoms with E-state index in [0.717, 1.165) is 32.4 Å². The maximum absolute atomic E-state index is 13.8. The van der Waals surface area contributed by atoms with Crippen molar-refractivity contribution >= 4 is 21.8 Å². The molecule has 0 aromatic heterocycles. The van der Waals surface area contributed by atoms with Gasteiger partial charge in [-0.15, -0.1) is 0 Å². The van der Waals surface area contributed by atoms with Gasteiger partial charge in [0.15, 0.2) is 0 Å². The average molecular weight is 328 g/mol. The second-order valence-corrected chi connectivity index (χ2v) is 5.95. The number of likely N-dealkylation sites (tertiary alicyclic amines) is 1. The molecule has 0 spiro atoms. The van der Waals surface area contributed by atoms with Gasteiger partial charge in [-0.3, -0.25) is 4.79 Å². The molecule has 1 fully saturated rings. The molecule has 1 aromatic rings. The van der Waals surface area contributed by atoms with E-state index < -0.39 is 5.82 Å². The Balaban J connectivity index is 2.15. The van der Waals surface area contributed by atoms with Gasteiger partial charge < -0.3 is 4.90 Å². The number of carbonyl (C=O) groups excluding carboxylic acids is 1. The lowest BCUT2D eigenvalue weighted by Crippen LogP contribution is -2.32. The van der Waals surface area contributed by atoms with Gasteiger partial charge >= 0.3 is 0 Å². The van der Waals surface area contributed by atoms with Crippen LogP contribution in [-0.2, 0) is 0 Å². The first-order valence-electron chi connectivity index (χ1n) is 6.86. The number of carbonyl (C=O) groups is 1. The van der Waals surface area contributed by atoms with E-state index >= 15 is 0 Å². The highest BCUT2D eigenvalue weighted by Crippen LogP contribution is 2.25. The summed E-state index contributed by atoms with van der Waals surface area (Å²) in [4.78, 5) is 14.2. The van der Waals surface area contributed by atoms with Gasteiger partial charge in [-0.25, -0.2) is 4.39 Å². The minimum absolute atomic E-state index is 0.164. The second-order valence-electron chi connectivity index (χ2n) is 5.09. The summed E-state index contributed by atoms with van der Waals surface area (Å²) in [5.74, 6) is 0.0549. The SMILES string of the molecule is CCC1CCCN(C(=O)c2c(F)cccc2Br)CC1. The Bertz CT molecular complexity index is 443. The molecule has 1 unspecified atom stereocenters. The van der Waals surface area contributed by atoms with Crippen LogP contribution >= 0.6 is 15.9 Å². The van der Waals surface area contributed by atoms with Crippen LogP contribution in [0.5, 0.6) is 0 Å². The molecule has 0 radical (unpaired) electrons. The van der Waals surface area contributed by atoms with Crippen LogP contribution in [0.2, 0.25) is 0 Å². The number of rotatable bonds is 2. The topological polar surface area (TPSA) is 20.3 Å². The van der Waals surface area contributed by atoms with E-state index in [2.05, 4.69) is 22.9 Å². The lowest BCUT2D eigenvalue weighted by atomic mass is 9.98. The van der Waals surface area contributed by atoms with E-state index in [9.17, 15) is 9.18 Å². The molecule has 0 N–H and O–H groups in total. The fraction of sp³-hybridized carbons (Fsp3) is 0.533. The van der Waals surface area contributed by atoms with Gasteiger partial charge in [0.05, 0.1) is 5.56 Å². The highest BCUT2D eigenvalue weighted by atomic mass is 79.9. The van der Waals surface area contributed by atoms with E-state index in [1.165, 1.54) is 12.5 Å². The largest absolute Gasteiger partial charge is 0.339 e. The predicted octanol–water partition coefficient (Wildman–Crippen LogP) is 4.24. The van der Waals surface area contributed by atoms with Crippen molar-refractivity contribution in [3.63, 3.8) is 0 Å². The van der Waals surface area contributed by atoms with Crippen molar-refractivity contribution in [1.82, 2.24) is 4.90 Å². The van der Waals surface area contributed by atoms with Crippen molar-refractivity contribution < 1.29 is 9.18 Å². The minimum atomic E-state index is -0.448. The molecular weight excluding hydrogens is 309 g/mol. The molecule has 1 atom stereocenters. The lowest BCUT2D eigenvalue weighted by molar-refractivity contribution is 0.0754. The van der Waals surface area contributed by atoms with Crippen molar-refractivity contribution in [2.75, 3.05) is 13.1 Å². The Kier molecular flexibility index (Phi) is 4.97. The van der Waals surface area contributed by atoms with Crippen LogP contribution < -0.4 is 0 Å². The van der Waals surface area contributed by atoms with Crippen molar-refractivity contribution in [2.45, 2.75) is 32.6 Å². The maximum Gasteiger partial charge on any atom is 0.257 e. The summed E-state index contributed by atoms with van der Waals surface area (Å²) in [7, 11) is 0. The van der Waals surface area contributed by atoms with E-state index in [4.69, 9.17) is 0 Å². The summed E-state index contributed by atoms with van der Waals surface area (Å²) >= 11 is 3.27. The first-order valence-corrected chi connectivity index (χ1v) is 7.66. The zero-order valence-corrected chi connectivity index (χ0v) is 12.7. The van der Waals surface area contributed by atoms with Gasteiger partial charge in [-0.05, 0) is 53.2 Å². The molecule has 2 nitrogen and oxygen atoms in total. The van der Waals surface area contributed by atoms with E-state index in [-0.39, 0.29) is 11.5 Å². The lowest BCUT2D eigenvalue weighted by Gasteiger charge is -2.21. The maximum atomic E-state index is 13.8. The van der Waals surface area contributed by atoms with Crippen LogP contribution in [-0.4, -0.2) is 23.9 Å². The normalized spacial score (nSPS) is 20.2. The fourth-order valence-electron chi connectivity index (χ4n) is 2.64. The second kappa shape index (κ2) is 6.51. The quantitative estimate of drug-likeness (QED) is 0.795. The Morgan fingerprint density at radius 2 is 2.21 bits per heavy atom. The summed E-state index contributed by atoms with van der Waals surface area (Å²) in [5, 5.41) is 0. The predicted molar refractivity (Wildman–Crippen MR) is 77.6 cm³/mol. The third-order valence-corrected chi connectivity index (χ3v) is 4.55. The zero-order chi connectivity index (χ0) is 13.8. The van der Waals surface area contributed by atoms with E-state index in [0.29, 0.717) is 10.4 Å². The van der Waals surface area contributed by atoms with Crippen LogP contribution in [0.1, 0.15) is 43.0 Å². The smallest absolute Gasteiger partial charge is 0.257 e. The number of hydrogen-bond acceptors (Lipinski definition) is 1. The van der Waals surface area contributed by atoms with Crippen LogP contribution in [0.3, 0.4) is 0 Å². The molecule has 0 bridgehead atoms. The molecule has 1 aromatic carbocycles. The number of nitrogens with zero attached hydrogens (tertiary/aromatic N) is 1. The number of halogens is 2. The van der Waals surface area contributed by atoms with Gasteiger partial charge in [0.25, 0.3) is 5.91 Å². The van der Waals surface area contributed by atoms with Gasteiger partial charge in [0.1, 0.15) is 5.82 Å². The standard InChI is InChI=1S/C15H19BrFNO/c1-2-11-5-4-9-18(10-8-11)15(19)14-12(16)6-3-7-13(14)17/h3,6-7,11H,2,4-5,8-10H2,1H3. The summed E-state index contributed by atoms with van der Waals surface area (Å²) in [6.07, 6.45) is 4.36. The van der Waals surface area contributed by atoms with Gasteiger partial charge in [-0.1, -0.05) is 19.4 Å². The van der Waals surface area contributed by atoms with Gasteiger partial charge in [-0.2, -0.15) is 0 Å². The van der Waals surface area contributed by atoms with E-state index in [1.807, 2.05) is 0 Å². The molecule has 1 heterocycles. The molecule has 0 saturated carbocycles. The molecule has 1 aliphatic rings. The molecule has 1 amide bonds. The van der Waals surface area contributed by atoms with E-state index in [1.54, 1.807) is 17.0 Å². The van der Waals surface area contributed by atoms with Crippen molar-refractivity contribution in [1.29, 1.82) is 0 Å². The first-order chi connectivity index (χ1) is 9.13. The molecule has 4 heteroatoms. The minimum Gasteiger partial charge on any atom is -0.339 e. The fourth-order valence-corrected chi connectivity index (χ4v) is 3.15. The molecule has 0 aliphatic carbocycles. The molecular formula is C15H19BrFNO. The van der Waals surface area contributed by atoms with Gasteiger partial charge in [0.2, 0.25) is 0 Å².